The number of amides is 2. The predicted octanol–water partition coefficient (Wildman–Crippen LogP) is 1.69. The van der Waals surface area contributed by atoms with Crippen molar-refractivity contribution in [1.29, 1.82) is 0 Å². The van der Waals surface area contributed by atoms with E-state index >= 15 is 0 Å². The summed E-state index contributed by atoms with van der Waals surface area (Å²) in [6.07, 6.45) is 2.53. The second-order valence-corrected chi connectivity index (χ2v) is 7.80. The topological polar surface area (TPSA) is 116 Å². The number of unbranched alkanes of at least 4 members (excludes halogenated alkanes) is 2. The van der Waals surface area contributed by atoms with Crippen LogP contribution in [0.1, 0.15) is 32.6 Å². The van der Waals surface area contributed by atoms with E-state index in [-0.39, 0.29) is 29.2 Å². The molecule has 1 aromatic carbocycles. The molecule has 2 rings (SSSR count). The van der Waals surface area contributed by atoms with E-state index in [9.17, 15) is 14.4 Å². The highest BCUT2D eigenvalue weighted by atomic mass is 32.2. The summed E-state index contributed by atoms with van der Waals surface area (Å²) in [4.78, 5) is 40.6. The molecule has 0 fully saturated rings. The molecule has 1 atom stereocenters. The quantitative estimate of drug-likeness (QED) is 0.307. The Bertz CT molecular complexity index is 900. The number of fused-ring (bicyclic) bond motifs is 1. The van der Waals surface area contributed by atoms with E-state index in [1.807, 2.05) is 13.0 Å². The van der Waals surface area contributed by atoms with Gasteiger partial charge >= 0.3 is 0 Å². The van der Waals surface area contributed by atoms with Crippen LogP contribution in [-0.2, 0) is 20.9 Å². The Hall–Kier alpha value is -2.39. The Morgan fingerprint density at radius 2 is 2.03 bits per heavy atom. The zero-order valence-corrected chi connectivity index (χ0v) is 17.7. The predicted molar refractivity (Wildman–Crippen MR) is 114 cm³/mol. The second kappa shape index (κ2) is 11.6. The van der Waals surface area contributed by atoms with Crippen molar-refractivity contribution >= 4 is 34.5 Å². The number of nitrogens with zero attached hydrogens (tertiary/aromatic N) is 2. The summed E-state index contributed by atoms with van der Waals surface area (Å²) in [5, 5.41) is 3.91. The van der Waals surface area contributed by atoms with Gasteiger partial charge in [0.05, 0.1) is 23.3 Å². The van der Waals surface area contributed by atoms with Crippen molar-refractivity contribution in [1.82, 2.24) is 14.9 Å². The number of rotatable bonds is 12. The number of para-hydroxylation sites is 1. The van der Waals surface area contributed by atoms with Gasteiger partial charge in [0.15, 0.2) is 5.16 Å². The highest BCUT2D eigenvalue weighted by molar-refractivity contribution is 7.99. The molecular weight excluding hydrogens is 392 g/mol. The Morgan fingerprint density at radius 1 is 1.28 bits per heavy atom. The number of primary amides is 1. The van der Waals surface area contributed by atoms with Gasteiger partial charge in [-0.2, -0.15) is 0 Å². The molecule has 1 unspecified atom stereocenters. The Balaban J connectivity index is 2.12. The number of benzene rings is 1. The molecule has 9 heteroatoms. The van der Waals surface area contributed by atoms with Gasteiger partial charge in [-0.15, -0.1) is 0 Å². The lowest BCUT2D eigenvalue weighted by Gasteiger charge is -2.15. The number of carbonyl (C=O) groups is 2. The zero-order valence-electron chi connectivity index (χ0n) is 16.8. The van der Waals surface area contributed by atoms with E-state index in [0.717, 1.165) is 12.8 Å². The number of nitrogens with one attached hydrogen (secondary N) is 1. The maximum atomic E-state index is 12.9. The Labute approximate surface area is 174 Å². The van der Waals surface area contributed by atoms with Crippen molar-refractivity contribution in [3.05, 3.63) is 34.6 Å². The standard InChI is InChI=1S/C20H28N4O4S/c1-14(12-28-2)22-18(26)13-29-20-23-16-9-6-5-8-15(16)19(27)24(20)11-7-3-4-10-17(21)25/h5-6,8-9,14H,3-4,7,10-13H2,1-2H3,(H2,21,25)(H,22,26). The minimum absolute atomic E-state index is 0.0925. The molecule has 0 spiro atoms. The van der Waals surface area contributed by atoms with Crippen LogP contribution in [0.3, 0.4) is 0 Å². The molecule has 0 radical (unpaired) electrons. The first-order valence-electron chi connectivity index (χ1n) is 9.61. The first-order valence-corrected chi connectivity index (χ1v) is 10.6. The van der Waals surface area contributed by atoms with Gasteiger partial charge in [-0.05, 0) is 31.9 Å². The number of aromatic nitrogens is 2. The average molecular weight is 421 g/mol. The van der Waals surface area contributed by atoms with Crippen molar-refractivity contribution in [2.24, 2.45) is 5.73 Å². The van der Waals surface area contributed by atoms with Crippen molar-refractivity contribution < 1.29 is 14.3 Å². The molecule has 0 aliphatic rings. The third-order valence-electron chi connectivity index (χ3n) is 4.29. The first-order chi connectivity index (χ1) is 13.9. The zero-order chi connectivity index (χ0) is 21.2. The lowest BCUT2D eigenvalue weighted by Crippen LogP contribution is -2.36. The molecule has 1 aromatic heterocycles. The van der Waals surface area contributed by atoms with Crippen LogP contribution in [0, 0.1) is 0 Å². The van der Waals surface area contributed by atoms with Gasteiger partial charge in [0.2, 0.25) is 11.8 Å². The van der Waals surface area contributed by atoms with Crippen molar-refractivity contribution in [2.45, 2.75) is 50.4 Å². The largest absolute Gasteiger partial charge is 0.383 e. The summed E-state index contributed by atoms with van der Waals surface area (Å²) in [5.74, 6) is -0.310. The number of methoxy groups -OCH3 is 1. The van der Waals surface area contributed by atoms with E-state index < -0.39 is 0 Å². The molecule has 29 heavy (non-hydrogen) atoms. The number of thioether (sulfide) groups is 1. The second-order valence-electron chi connectivity index (χ2n) is 6.86. The molecule has 8 nitrogen and oxygen atoms in total. The Morgan fingerprint density at radius 3 is 2.76 bits per heavy atom. The summed E-state index contributed by atoms with van der Waals surface area (Å²) >= 11 is 1.24. The minimum atomic E-state index is -0.320. The fraction of sp³-hybridized carbons (Fsp3) is 0.500. The molecule has 0 saturated heterocycles. The number of ether oxygens (including phenoxy) is 1. The van der Waals surface area contributed by atoms with Crippen LogP contribution in [0.25, 0.3) is 10.9 Å². The molecule has 2 amide bonds. The fourth-order valence-electron chi connectivity index (χ4n) is 2.94. The molecule has 158 valence electrons. The molecule has 0 aliphatic carbocycles. The van der Waals surface area contributed by atoms with E-state index in [1.54, 1.807) is 29.9 Å². The maximum Gasteiger partial charge on any atom is 0.262 e. The van der Waals surface area contributed by atoms with Crippen LogP contribution in [0.4, 0.5) is 0 Å². The number of nitrogens with two attached hydrogens (primary N) is 1. The van der Waals surface area contributed by atoms with Gasteiger partial charge in [-0.25, -0.2) is 4.98 Å². The van der Waals surface area contributed by atoms with Crippen LogP contribution >= 0.6 is 11.8 Å². The van der Waals surface area contributed by atoms with Gasteiger partial charge in [0, 0.05) is 26.1 Å². The van der Waals surface area contributed by atoms with Gasteiger partial charge in [0.25, 0.3) is 5.56 Å². The van der Waals surface area contributed by atoms with Crippen molar-refractivity contribution in [3.63, 3.8) is 0 Å². The van der Waals surface area contributed by atoms with E-state index in [1.165, 1.54) is 11.8 Å². The van der Waals surface area contributed by atoms with Crippen LogP contribution in [0.2, 0.25) is 0 Å². The maximum absolute atomic E-state index is 12.9. The van der Waals surface area contributed by atoms with Crippen molar-refractivity contribution in [3.8, 4) is 0 Å². The summed E-state index contributed by atoms with van der Waals surface area (Å²) < 4.78 is 6.64. The fourth-order valence-corrected chi connectivity index (χ4v) is 3.78. The smallest absolute Gasteiger partial charge is 0.262 e. The van der Waals surface area contributed by atoms with Gasteiger partial charge in [-0.3, -0.25) is 19.0 Å². The Kier molecular flexibility index (Phi) is 9.14. The van der Waals surface area contributed by atoms with Crippen LogP contribution in [0.5, 0.6) is 0 Å². The number of hydrogen-bond acceptors (Lipinski definition) is 6. The molecule has 3 N–H and O–H groups in total. The SMILES string of the molecule is COCC(C)NC(=O)CSc1nc2ccccc2c(=O)n1CCCCCC(N)=O. The lowest BCUT2D eigenvalue weighted by molar-refractivity contribution is -0.119. The van der Waals surface area contributed by atoms with Crippen molar-refractivity contribution in [2.75, 3.05) is 19.5 Å². The summed E-state index contributed by atoms with van der Waals surface area (Å²) in [6.45, 7) is 2.77. The third kappa shape index (κ3) is 7.17. The molecule has 2 aromatic rings. The summed E-state index contributed by atoms with van der Waals surface area (Å²) in [6, 6.07) is 7.09. The molecule has 1 heterocycles. The summed E-state index contributed by atoms with van der Waals surface area (Å²) in [7, 11) is 1.58. The lowest BCUT2D eigenvalue weighted by atomic mass is 10.2. The number of carbonyl (C=O) groups excluding carboxylic acids is 2. The van der Waals surface area contributed by atoms with E-state index in [0.29, 0.717) is 42.1 Å². The average Bonchev–Trinajstić information content (AvgIpc) is 2.67. The third-order valence-corrected chi connectivity index (χ3v) is 5.26. The molecule has 0 aliphatic heterocycles. The van der Waals surface area contributed by atoms with Gasteiger partial charge in [0.1, 0.15) is 0 Å². The molecular formula is C20H28N4O4S. The van der Waals surface area contributed by atoms with Gasteiger partial charge < -0.3 is 15.8 Å². The van der Waals surface area contributed by atoms with Crippen LogP contribution in [0.15, 0.2) is 34.2 Å². The van der Waals surface area contributed by atoms with Gasteiger partial charge in [-0.1, -0.05) is 30.3 Å². The van der Waals surface area contributed by atoms with Crippen LogP contribution in [-0.4, -0.2) is 46.9 Å². The molecule has 0 saturated carbocycles. The normalized spacial score (nSPS) is 12.1. The highest BCUT2D eigenvalue weighted by Gasteiger charge is 2.14. The monoisotopic (exact) mass is 420 g/mol. The van der Waals surface area contributed by atoms with E-state index in [4.69, 9.17) is 10.5 Å². The van der Waals surface area contributed by atoms with Crippen LogP contribution < -0.4 is 16.6 Å². The molecule has 0 bridgehead atoms. The summed E-state index contributed by atoms with van der Waals surface area (Å²) in [5.41, 5.74) is 5.65. The van der Waals surface area contributed by atoms with E-state index in [2.05, 4.69) is 10.3 Å². The minimum Gasteiger partial charge on any atom is -0.383 e. The highest BCUT2D eigenvalue weighted by Crippen LogP contribution is 2.18. The number of hydrogen-bond donors (Lipinski definition) is 2. The first kappa shape index (κ1) is 22.9.